The first-order chi connectivity index (χ1) is 12.0. The molecule has 1 saturated heterocycles. The van der Waals surface area contributed by atoms with Crippen LogP contribution in [-0.4, -0.2) is 36.9 Å². The number of hydrogen-bond acceptors (Lipinski definition) is 5. The molecule has 134 valence electrons. The lowest BCUT2D eigenvalue weighted by molar-refractivity contribution is 0.0606. The van der Waals surface area contributed by atoms with E-state index in [0.29, 0.717) is 15.0 Å². The molecule has 2 N–H and O–H groups in total. The van der Waals surface area contributed by atoms with E-state index in [1.54, 1.807) is 0 Å². The van der Waals surface area contributed by atoms with Crippen molar-refractivity contribution >= 4 is 62.0 Å². The molecule has 1 aromatic carbocycles. The molecule has 3 rings (SSSR count). The second kappa shape index (κ2) is 7.86. The van der Waals surface area contributed by atoms with Gasteiger partial charge in [-0.25, -0.2) is 4.79 Å². The summed E-state index contributed by atoms with van der Waals surface area (Å²) in [6.07, 6.45) is 2.34. The third-order valence-electron chi connectivity index (χ3n) is 4.14. The summed E-state index contributed by atoms with van der Waals surface area (Å²) >= 11 is 13.0. The maximum Gasteiger partial charge on any atom is 0.349 e. The summed E-state index contributed by atoms with van der Waals surface area (Å²) in [5.74, 6) is -0.428. The maximum absolute atomic E-state index is 11.8. The summed E-state index contributed by atoms with van der Waals surface area (Å²) in [5, 5.41) is 8.22. The van der Waals surface area contributed by atoms with Crippen molar-refractivity contribution in [3.63, 3.8) is 0 Å². The summed E-state index contributed by atoms with van der Waals surface area (Å²) in [4.78, 5) is 12.2. The van der Waals surface area contributed by atoms with Crippen molar-refractivity contribution in [2.24, 2.45) is 0 Å². The number of esters is 1. The number of thiophene rings is 1. The molecular formula is C17H19ClN2O3S2. The van der Waals surface area contributed by atoms with Gasteiger partial charge in [0, 0.05) is 22.4 Å². The summed E-state index contributed by atoms with van der Waals surface area (Å²) in [6.45, 7) is 2.88. The molecule has 0 bridgehead atoms. The van der Waals surface area contributed by atoms with Gasteiger partial charge in [-0.05, 0) is 50.2 Å². The monoisotopic (exact) mass is 398 g/mol. The molecule has 1 aromatic heterocycles. The highest BCUT2D eigenvalue weighted by atomic mass is 35.5. The van der Waals surface area contributed by atoms with E-state index >= 15 is 0 Å². The first-order valence-electron chi connectivity index (χ1n) is 7.99. The zero-order chi connectivity index (χ0) is 18.0. The Morgan fingerprint density at radius 2 is 2.32 bits per heavy atom. The van der Waals surface area contributed by atoms with E-state index in [1.807, 2.05) is 18.2 Å². The smallest absolute Gasteiger partial charge is 0.349 e. The molecule has 0 saturated carbocycles. The van der Waals surface area contributed by atoms with Gasteiger partial charge >= 0.3 is 5.97 Å². The van der Waals surface area contributed by atoms with E-state index in [2.05, 4.69) is 17.6 Å². The number of fused-ring (bicyclic) bond motifs is 1. The van der Waals surface area contributed by atoms with Crippen LogP contribution >= 0.6 is 35.2 Å². The molecule has 5 nitrogen and oxygen atoms in total. The minimum atomic E-state index is -0.428. The number of thiocarbonyl (C=S) groups is 1. The van der Waals surface area contributed by atoms with Crippen LogP contribution in [0.25, 0.3) is 10.1 Å². The van der Waals surface area contributed by atoms with Crippen LogP contribution in [0.2, 0.25) is 5.02 Å². The predicted octanol–water partition coefficient (Wildman–Crippen LogP) is 4.20. The summed E-state index contributed by atoms with van der Waals surface area (Å²) in [5.41, 5.74) is 0.832. The number of benzene rings is 1. The van der Waals surface area contributed by atoms with Gasteiger partial charge in [0.15, 0.2) is 5.11 Å². The highest BCUT2D eigenvalue weighted by Gasteiger charge is 2.23. The lowest BCUT2D eigenvalue weighted by Crippen LogP contribution is -2.42. The van der Waals surface area contributed by atoms with E-state index in [-0.39, 0.29) is 12.1 Å². The Bertz CT molecular complexity index is 803. The number of hydrogen-bond donors (Lipinski definition) is 2. The number of anilines is 1. The molecule has 0 spiro atoms. The zero-order valence-corrected chi connectivity index (χ0v) is 16.3. The Kier molecular flexibility index (Phi) is 5.78. The number of ether oxygens (including phenoxy) is 2. The number of halogens is 1. The molecule has 2 atom stereocenters. The van der Waals surface area contributed by atoms with Crippen LogP contribution in [0.4, 0.5) is 5.69 Å². The van der Waals surface area contributed by atoms with E-state index in [4.69, 9.17) is 33.3 Å². The number of rotatable bonds is 4. The Hall–Kier alpha value is -1.41. The van der Waals surface area contributed by atoms with Gasteiger partial charge in [0.1, 0.15) is 4.88 Å². The van der Waals surface area contributed by atoms with Crippen LogP contribution in [0.1, 0.15) is 29.4 Å². The van der Waals surface area contributed by atoms with E-state index in [0.717, 1.165) is 35.2 Å². The van der Waals surface area contributed by atoms with Crippen molar-refractivity contribution in [2.45, 2.75) is 31.9 Å². The molecule has 8 heteroatoms. The molecular weight excluding hydrogens is 380 g/mol. The van der Waals surface area contributed by atoms with Gasteiger partial charge in [0.25, 0.3) is 0 Å². The number of carbonyl (C=O) groups excluding carboxylic acids is 1. The summed E-state index contributed by atoms with van der Waals surface area (Å²) in [6, 6.07) is 5.82. The second-order valence-electron chi connectivity index (χ2n) is 5.89. The first kappa shape index (κ1) is 18.4. The Morgan fingerprint density at radius 1 is 1.52 bits per heavy atom. The third-order valence-corrected chi connectivity index (χ3v) is 6.00. The van der Waals surface area contributed by atoms with Gasteiger partial charge in [-0.2, -0.15) is 0 Å². The van der Waals surface area contributed by atoms with Crippen LogP contribution in [0.15, 0.2) is 18.2 Å². The average Bonchev–Trinajstić information content (AvgIpc) is 3.22. The van der Waals surface area contributed by atoms with E-state index < -0.39 is 5.97 Å². The van der Waals surface area contributed by atoms with Gasteiger partial charge in [-0.15, -0.1) is 11.3 Å². The first-order valence-corrected chi connectivity index (χ1v) is 9.59. The second-order valence-corrected chi connectivity index (χ2v) is 7.72. The number of carbonyl (C=O) groups is 1. The standard InChI is InChI=1S/C17H19ClN2O3S2/c1-9(12-4-3-7-23-12)19-17(24)20-10-5-6-11-13(8-10)25-15(14(11)18)16(21)22-2/h5-6,8-9,12H,3-4,7H2,1-2H3,(H2,19,20,24)/t9-,12+/m1/s1. The average molecular weight is 399 g/mol. The minimum absolute atomic E-state index is 0.147. The van der Waals surface area contributed by atoms with Gasteiger partial charge < -0.3 is 20.1 Å². The molecule has 1 fully saturated rings. The number of nitrogens with one attached hydrogen (secondary N) is 2. The highest BCUT2D eigenvalue weighted by Crippen LogP contribution is 2.37. The number of methoxy groups -OCH3 is 1. The molecule has 0 amide bonds. The fraction of sp³-hybridized carbons (Fsp3) is 0.412. The molecule has 2 heterocycles. The quantitative estimate of drug-likeness (QED) is 0.594. The SMILES string of the molecule is COC(=O)c1sc2cc(NC(=S)N[C@H](C)[C@@H]3CCCO3)ccc2c1Cl. The fourth-order valence-corrected chi connectivity index (χ4v) is 4.60. The van der Waals surface area contributed by atoms with Crippen LogP contribution in [0, 0.1) is 0 Å². The van der Waals surface area contributed by atoms with Crippen LogP contribution in [-0.2, 0) is 9.47 Å². The lowest BCUT2D eigenvalue weighted by atomic mass is 10.1. The summed E-state index contributed by atoms with van der Waals surface area (Å²) in [7, 11) is 1.34. The van der Waals surface area contributed by atoms with Crippen molar-refractivity contribution in [1.29, 1.82) is 0 Å². The largest absolute Gasteiger partial charge is 0.465 e. The van der Waals surface area contributed by atoms with Crippen molar-refractivity contribution < 1.29 is 14.3 Å². The molecule has 0 unspecified atom stereocenters. The third kappa shape index (κ3) is 4.06. The molecule has 1 aliphatic rings. The molecule has 2 aromatic rings. The predicted molar refractivity (Wildman–Crippen MR) is 106 cm³/mol. The minimum Gasteiger partial charge on any atom is -0.465 e. The zero-order valence-electron chi connectivity index (χ0n) is 13.9. The summed E-state index contributed by atoms with van der Waals surface area (Å²) < 4.78 is 11.3. The van der Waals surface area contributed by atoms with Crippen molar-refractivity contribution in [1.82, 2.24) is 5.32 Å². The topological polar surface area (TPSA) is 59.6 Å². The van der Waals surface area contributed by atoms with Gasteiger partial charge in [0.05, 0.1) is 24.3 Å². The van der Waals surface area contributed by atoms with Gasteiger partial charge in [-0.3, -0.25) is 0 Å². The highest BCUT2D eigenvalue weighted by molar-refractivity contribution is 7.80. The van der Waals surface area contributed by atoms with Crippen molar-refractivity contribution in [3.8, 4) is 0 Å². The fourth-order valence-electron chi connectivity index (χ4n) is 2.83. The lowest BCUT2D eigenvalue weighted by Gasteiger charge is -2.22. The van der Waals surface area contributed by atoms with Gasteiger partial charge in [0.2, 0.25) is 0 Å². The van der Waals surface area contributed by atoms with Crippen molar-refractivity contribution in [3.05, 3.63) is 28.1 Å². The van der Waals surface area contributed by atoms with Gasteiger partial charge in [-0.1, -0.05) is 11.6 Å². The van der Waals surface area contributed by atoms with E-state index in [1.165, 1.54) is 18.4 Å². The van der Waals surface area contributed by atoms with Crippen LogP contribution in [0.3, 0.4) is 0 Å². The van der Waals surface area contributed by atoms with Crippen LogP contribution in [0.5, 0.6) is 0 Å². The Morgan fingerprint density at radius 3 is 3.00 bits per heavy atom. The molecule has 25 heavy (non-hydrogen) atoms. The van der Waals surface area contributed by atoms with E-state index in [9.17, 15) is 4.79 Å². The Labute approximate surface area is 160 Å². The normalized spacial score (nSPS) is 18.1. The van der Waals surface area contributed by atoms with Crippen LogP contribution < -0.4 is 10.6 Å². The maximum atomic E-state index is 11.8. The molecule has 1 aliphatic heterocycles. The van der Waals surface area contributed by atoms with Crippen molar-refractivity contribution in [2.75, 3.05) is 19.0 Å². The Balaban J connectivity index is 1.71. The molecule has 0 aliphatic carbocycles. The molecule has 0 radical (unpaired) electrons.